The lowest BCUT2D eigenvalue weighted by Gasteiger charge is -2.21. The molecule has 0 fully saturated rings. The summed E-state index contributed by atoms with van der Waals surface area (Å²) >= 11 is 0. The van der Waals surface area contributed by atoms with Gasteiger partial charge < -0.3 is 15.4 Å². The molecular formula is C21H30N2O2. The number of carbonyl (C=O) groups is 1. The highest BCUT2D eigenvalue weighted by Crippen LogP contribution is 2.16. The van der Waals surface area contributed by atoms with Crippen LogP contribution < -0.4 is 5.73 Å². The van der Waals surface area contributed by atoms with Gasteiger partial charge in [0.15, 0.2) is 5.78 Å². The number of aliphatic hydroxyl groups excluding tert-OH is 1. The van der Waals surface area contributed by atoms with E-state index in [2.05, 4.69) is 31.2 Å². The number of carbonyl (C=O) groups excluding carboxylic acids is 1. The molecule has 3 N–H and O–H groups in total. The Balaban J connectivity index is 1.89. The maximum Gasteiger partial charge on any atom is 0.179 e. The van der Waals surface area contributed by atoms with Crippen molar-refractivity contribution >= 4 is 5.78 Å². The van der Waals surface area contributed by atoms with E-state index in [1.807, 2.05) is 30.7 Å². The van der Waals surface area contributed by atoms with Crippen LogP contribution in [0, 0.1) is 6.92 Å². The molecule has 1 aromatic carbocycles. The molecule has 2 aromatic rings. The molecule has 0 saturated carbocycles. The second-order valence-electron chi connectivity index (χ2n) is 7.35. The molecule has 2 rings (SSSR count). The summed E-state index contributed by atoms with van der Waals surface area (Å²) < 4.78 is 1.96. The van der Waals surface area contributed by atoms with Crippen molar-refractivity contribution in [1.82, 2.24) is 4.57 Å². The van der Waals surface area contributed by atoms with E-state index in [0.717, 1.165) is 30.7 Å². The molecule has 0 amide bonds. The van der Waals surface area contributed by atoms with Crippen LogP contribution in [-0.4, -0.2) is 27.6 Å². The fourth-order valence-corrected chi connectivity index (χ4v) is 3.03. The summed E-state index contributed by atoms with van der Waals surface area (Å²) in [5.41, 5.74) is 9.77. The van der Waals surface area contributed by atoms with Gasteiger partial charge in [-0.15, -0.1) is 0 Å². The first kappa shape index (κ1) is 19.4. The Hall–Kier alpha value is -1.91. The molecular weight excluding hydrogens is 312 g/mol. The van der Waals surface area contributed by atoms with Crippen LogP contribution >= 0.6 is 0 Å². The largest absolute Gasteiger partial charge is 0.394 e. The molecule has 0 spiro atoms. The van der Waals surface area contributed by atoms with Crippen LogP contribution in [0.25, 0.3) is 0 Å². The van der Waals surface area contributed by atoms with E-state index in [1.54, 1.807) is 0 Å². The summed E-state index contributed by atoms with van der Waals surface area (Å²) in [7, 11) is 1.93. The number of aryl methyl sites for hydroxylation is 3. The summed E-state index contributed by atoms with van der Waals surface area (Å²) in [6.07, 6.45) is 3.76. The third kappa shape index (κ3) is 5.55. The van der Waals surface area contributed by atoms with Gasteiger partial charge in [0, 0.05) is 24.7 Å². The van der Waals surface area contributed by atoms with Crippen LogP contribution in [0.3, 0.4) is 0 Å². The van der Waals surface area contributed by atoms with Crippen molar-refractivity contribution in [2.75, 3.05) is 6.61 Å². The maximum atomic E-state index is 12.5. The SMILES string of the molecule is Cc1cccc(CCCC(=O)c2ccc(CC[C@@](C)(N)CO)n2C)c1. The molecule has 25 heavy (non-hydrogen) atoms. The van der Waals surface area contributed by atoms with Crippen molar-refractivity contribution in [2.45, 2.75) is 51.5 Å². The molecule has 4 heteroatoms. The highest BCUT2D eigenvalue weighted by Gasteiger charge is 2.19. The summed E-state index contributed by atoms with van der Waals surface area (Å²) in [5.74, 6) is 0.180. The predicted molar refractivity (Wildman–Crippen MR) is 102 cm³/mol. The highest BCUT2D eigenvalue weighted by atomic mass is 16.3. The van der Waals surface area contributed by atoms with E-state index in [-0.39, 0.29) is 12.4 Å². The Labute approximate surface area is 150 Å². The van der Waals surface area contributed by atoms with Gasteiger partial charge in [0.2, 0.25) is 0 Å². The van der Waals surface area contributed by atoms with Crippen LogP contribution in [0.4, 0.5) is 0 Å². The van der Waals surface area contributed by atoms with Crippen LogP contribution in [-0.2, 0) is 19.9 Å². The number of hydrogen-bond acceptors (Lipinski definition) is 3. The lowest BCUT2D eigenvalue weighted by atomic mass is 9.97. The van der Waals surface area contributed by atoms with E-state index >= 15 is 0 Å². The molecule has 136 valence electrons. The predicted octanol–water partition coefficient (Wildman–Crippen LogP) is 3.18. The van der Waals surface area contributed by atoms with Gasteiger partial charge in [-0.1, -0.05) is 29.8 Å². The first-order chi connectivity index (χ1) is 11.8. The van der Waals surface area contributed by atoms with E-state index in [0.29, 0.717) is 12.8 Å². The second-order valence-corrected chi connectivity index (χ2v) is 7.35. The first-order valence-corrected chi connectivity index (χ1v) is 8.95. The van der Waals surface area contributed by atoms with E-state index in [1.165, 1.54) is 11.1 Å². The second kappa shape index (κ2) is 8.45. The number of Topliss-reactive ketones (excluding diaryl/α,β-unsaturated/α-hetero) is 1. The minimum Gasteiger partial charge on any atom is -0.394 e. The lowest BCUT2D eigenvalue weighted by molar-refractivity contribution is 0.0972. The van der Waals surface area contributed by atoms with Crippen molar-refractivity contribution < 1.29 is 9.90 Å². The number of benzene rings is 1. The van der Waals surface area contributed by atoms with Crippen LogP contribution in [0.2, 0.25) is 0 Å². The fraction of sp³-hybridized carbons (Fsp3) is 0.476. The van der Waals surface area contributed by atoms with Crippen molar-refractivity contribution in [3.63, 3.8) is 0 Å². The Bertz CT molecular complexity index is 716. The summed E-state index contributed by atoms with van der Waals surface area (Å²) in [4.78, 5) is 12.5. The summed E-state index contributed by atoms with van der Waals surface area (Å²) in [6.45, 7) is 3.89. The molecule has 0 saturated heterocycles. The quantitative estimate of drug-likeness (QED) is 0.688. The van der Waals surface area contributed by atoms with Crippen molar-refractivity contribution in [2.24, 2.45) is 12.8 Å². The van der Waals surface area contributed by atoms with Crippen LogP contribution in [0.5, 0.6) is 0 Å². The molecule has 0 radical (unpaired) electrons. The standard InChI is InChI=1S/C21H30N2O2/c1-16-6-4-7-17(14-16)8-5-9-20(25)19-11-10-18(23(19)3)12-13-21(2,22)15-24/h4,6-7,10-11,14,24H,5,8-9,12-13,15,22H2,1-3H3/t21-/m1/s1. The Morgan fingerprint density at radius 2 is 2.00 bits per heavy atom. The summed E-state index contributed by atoms with van der Waals surface area (Å²) in [5, 5.41) is 9.26. The lowest BCUT2D eigenvalue weighted by Crippen LogP contribution is -2.40. The smallest absolute Gasteiger partial charge is 0.179 e. The normalized spacial score (nSPS) is 13.6. The molecule has 0 aliphatic rings. The molecule has 0 unspecified atom stereocenters. The molecule has 1 heterocycles. The average Bonchev–Trinajstić information content (AvgIpc) is 2.94. The zero-order valence-electron chi connectivity index (χ0n) is 15.6. The fourth-order valence-electron chi connectivity index (χ4n) is 3.03. The zero-order valence-corrected chi connectivity index (χ0v) is 15.6. The van der Waals surface area contributed by atoms with Gasteiger partial charge in [0.25, 0.3) is 0 Å². The van der Waals surface area contributed by atoms with Gasteiger partial charge in [-0.05, 0) is 57.2 Å². The number of nitrogens with zero attached hydrogens (tertiary/aromatic N) is 1. The van der Waals surface area contributed by atoms with E-state index < -0.39 is 5.54 Å². The third-order valence-electron chi connectivity index (χ3n) is 4.78. The van der Waals surface area contributed by atoms with Gasteiger partial charge in [-0.2, -0.15) is 0 Å². The number of ketones is 1. The first-order valence-electron chi connectivity index (χ1n) is 8.95. The van der Waals surface area contributed by atoms with E-state index in [9.17, 15) is 9.90 Å². The highest BCUT2D eigenvalue weighted by molar-refractivity contribution is 5.94. The molecule has 4 nitrogen and oxygen atoms in total. The van der Waals surface area contributed by atoms with Gasteiger partial charge >= 0.3 is 0 Å². The molecule has 0 aliphatic heterocycles. The minimum absolute atomic E-state index is 0.0395. The maximum absolute atomic E-state index is 12.5. The molecule has 1 aromatic heterocycles. The molecule has 0 bridgehead atoms. The Morgan fingerprint density at radius 3 is 2.68 bits per heavy atom. The number of aromatic nitrogens is 1. The number of rotatable bonds is 9. The van der Waals surface area contributed by atoms with E-state index in [4.69, 9.17) is 5.73 Å². The molecule has 0 aliphatic carbocycles. The van der Waals surface area contributed by atoms with Crippen molar-refractivity contribution in [3.8, 4) is 0 Å². The Kier molecular flexibility index (Phi) is 6.57. The Morgan fingerprint density at radius 1 is 1.24 bits per heavy atom. The van der Waals surface area contributed by atoms with Gasteiger partial charge in [-0.25, -0.2) is 0 Å². The topological polar surface area (TPSA) is 68.2 Å². The molecule has 1 atom stereocenters. The number of aliphatic hydroxyl groups is 1. The number of nitrogens with two attached hydrogens (primary N) is 1. The monoisotopic (exact) mass is 342 g/mol. The summed E-state index contributed by atoms with van der Waals surface area (Å²) in [6, 6.07) is 12.3. The van der Waals surface area contributed by atoms with Crippen molar-refractivity contribution in [3.05, 3.63) is 58.9 Å². The zero-order chi connectivity index (χ0) is 18.4. The van der Waals surface area contributed by atoms with Gasteiger partial charge in [0.05, 0.1) is 12.3 Å². The third-order valence-corrected chi connectivity index (χ3v) is 4.78. The van der Waals surface area contributed by atoms with Gasteiger partial charge in [0.1, 0.15) is 0 Å². The average molecular weight is 342 g/mol. The minimum atomic E-state index is -0.581. The van der Waals surface area contributed by atoms with Crippen molar-refractivity contribution in [1.29, 1.82) is 0 Å². The van der Waals surface area contributed by atoms with Gasteiger partial charge in [-0.3, -0.25) is 4.79 Å². The number of hydrogen-bond donors (Lipinski definition) is 2. The van der Waals surface area contributed by atoms with Crippen LogP contribution in [0.1, 0.15) is 53.5 Å². The van der Waals surface area contributed by atoms with Crippen LogP contribution in [0.15, 0.2) is 36.4 Å².